The van der Waals surface area contributed by atoms with Crippen molar-refractivity contribution in [2.24, 2.45) is 0 Å². The van der Waals surface area contributed by atoms with E-state index in [-0.39, 0.29) is 32.7 Å². The minimum Gasteiger partial charge on any atom is -0.102 e. The van der Waals surface area contributed by atoms with Crippen molar-refractivity contribution in [1.29, 1.82) is 0 Å². The van der Waals surface area contributed by atoms with Crippen LogP contribution >= 0.6 is 0 Å². The van der Waals surface area contributed by atoms with Crippen LogP contribution in [0.5, 0.6) is 0 Å². The second-order valence-electron chi connectivity index (χ2n) is 0.854. The molecule has 1 rings (SSSR count). The SMILES string of the molecule is C1#CCC1.[Y]. The Bertz CT molecular complexity index is 57.5. The maximum atomic E-state index is 2.86. The van der Waals surface area contributed by atoms with Gasteiger partial charge in [0, 0.05) is 45.6 Å². The Morgan fingerprint density at radius 1 is 1.00 bits per heavy atom. The molecule has 23 valence electrons. The van der Waals surface area contributed by atoms with E-state index in [0.717, 1.165) is 12.8 Å². The summed E-state index contributed by atoms with van der Waals surface area (Å²) in [4.78, 5) is 0. The van der Waals surface area contributed by atoms with Gasteiger partial charge in [-0.2, -0.15) is 0 Å². The molecule has 1 aliphatic rings. The molecular weight excluding hydrogens is 137 g/mol. The zero-order valence-corrected chi connectivity index (χ0v) is 5.83. The normalized spacial score (nSPS) is 12.8. The second kappa shape index (κ2) is 2.88. The molecule has 0 amide bonds. The summed E-state index contributed by atoms with van der Waals surface area (Å²) in [5.74, 6) is 5.72. The molecular formula is C4H4Y. The van der Waals surface area contributed by atoms with Crippen molar-refractivity contribution in [3.05, 3.63) is 0 Å². The molecule has 0 nitrogen and oxygen atoms in total. The van der Waals surface area contributed by atoms with Gasteiger partial charge in [0.2, 0.25) is 0 Å². The smallest absolute Gasteiger partial charge is 0.0198 e. The van der Waals surface area contributed by atoms with Crippen LogP contribution in [-0.4, -0.2) is 0 Å². The Labute approximate surface area is 57.2 Å². The van der Waals surface area contributed by atoms with Gasteiger partial charge in [-0.3, -0.25) is 0 Å². The van der Waals surface area contributed by atoms with Crippen molar-refractivity contribution in [3.8, 4) is 11.8 Å². The van der Waals surface area contributed by atoms with E-state index in [2.05, 4.69) is 11.8 Å². The number of hydrogen-bond acceptors (Lipinski definition) is 0. The molecule has 0 aliphatic heterocycles. The molecule has 1 radical (unpaired) electrons. The molecule has 0 heterocycles. The molecule has 0 aromatic carbocycles. The molecule has 0 bridgehead atoms. The molecule has 0 unspecified atom stereocenters. The maximum absolute atomic E-state index is 2.86. The fourth-order valence-corrected chi connectivity index (χ4v) is 0.125. The quantitative estimate of drug-likeness (QED) is 0.437. The molecule has 0 N–H and O–H groups in total. The summed E-state index contributed by atoms with van der Waals surface area (Å²) in [6, 6.07) is 0. The van der Waals surface area contributed by atoms with Gasteiger partial charge in [-0.25, -0.2) is 0 Å². The maximum Gasteiger partial charge on any atom is 0.0198 e. The minimum absolute atomic E-state index is 0. The zero-order valence-electron chi connectivity index (χ0n) is 2.99. The van der Waals surface area contributed by atoms with Crippen LogP contribution in [0.4, 0.5) is 0 Å². The van der Waals surface area contributed by atoms with Crippen LogP contribution in [-0.2, 0) is 32.7 Å². The van der Waals surface area contributed by atoms with Crippen LogP contribution in [0.3, 0.4) is 0 Å². The first-order chi connectivity index (χ1) is 2.00. The first-order valence-electron chi connectivity index (χ1n) is 1.46. The van der Waals surface area contributed by atoms with Crippen LogP contribution in [0.1, 0.15) is 12.8 Å². The van der Waals surface area contributed by atoms with Crippen molar-refractivity contribution in [1.82, 2.24) is 0 Å². The first kappa shape index (κ1) is 5.66. The fraction of sp³-hybridized carbons (Fsp3) is 0.500. The summed E-state index contributed by atoms with van der Waals surface area (Å²) in [7, 11) is 0. The van der Waals surface area contributed by atoms with E-state index in [1.807, 2.05) is 0 Å². The summed E-state index contributed by atoms with van der Waals surface area (Å²) < 4.78 is 0. The van der Waals surface area contributed by atoms with E-state index >= 15 is 0 Å². The largest absolute Gasteiger partial charge is 0.102 e. The third kappa shape index (κ3) is 1.52. The Morgan fingerprint density at radius 3 is 1.20 bits per heavy atom. The van der Waals surface area contributed by atoms with Gasteiger partial charge in [0.15, 0.2) is 0 Å². The molecule has 0 aromatic heterocycles. The third-order valence-electron chi connectivity index (χ3n) is 0.500. The molecule has 0 spiro atoms. The van der Waals surface area contributed by atoms with Crippen molar-refractivity contribution in [2.75, 3.05) is 0 Å². The van der Waals surface area contributed by atoms with E-state index < -0.39 is 0 Å². The van der Waals surface area contributed by atoms with Gasteiger partial charge in [0.25, 0.3) is 0 Å². The van der Waals surface area contributed by atoms with E-state index in [4.69, 9.17) is 0 Å². The molecule has 1 aliphatic carbocycles. The predicted octanol–water partition coefficient (Wildman–Crippen LogP) is 0.781. The van der Waals surface area contributed by atoms with Crippen LogP contribution in [0.25, 0.3) is 0 Å². The molecule has 0 atom stereocenters. The zero-order chi connectivity index (χ0) is 2.83. The van der Waals surface area contributed by atoms with E-state index in [1.165, 1.54) is 0 Å². The van der Waals surface area contributed by atoms with E-state index in [1.54, 1.807) is 0 Å². The summed E-state index contributed by atoms with van der Waals surface area (Å²) in [5.41, 5.74) is 0. The van der Waals surface area contributed by atoms with Crippen LogP contribution in [0.2, 0.25) is 0 Å². The molecule has 0 saturated carbocycles. The Hall–Kier alpha value is 0.664. The molecule has 0 saturated heterocycles. The van der Waals surface area contributed by atoms with Gasteiger partial charge < -0.3 is 0 Å². The predicted molar refractivity (Wildman–Crippen MR) is 17.0 cm³/mol. The molecule has 0 fully saturated rings. The molecule has 0 aromatic rings. The van der Waals surface area contributed by atoms with Crippen molar-refractivity contribution >= 4 is 0 Å². The van der Waals surface area contributed by atoms with Gasteiger partial charge in [-0.1, -0.05) is 0 Å². The molecule has 1 heteroatoms. The van der Waals surface area contributed by atoms with Crippen LogP contribution in [0, 0.1) is 11.8 Å². The summed E-state index contributed by atoms with van der Waals surface area (Å²) in [6.07, 6.45) is 2.28. The van der Waals surface area contributed by atoms with Crippen LogP contribution < -0.4 is 0 Å². The Kier molecular flexibility index (Phi) is 3.26. The average molecular weight is 141 g/mol. The number of hydrogen-bond donors (Lipinski definition) is 0. The standard InChI is InChI=1S/C4H4.Y/c1-2-4-3-1;/h1-2H2;. The van der Waals surface area contributed by atoms with Crippen molar-refractivity contribution in [2.45, 2.75) is 12.8 Å². The van der Waals surface area contributed by atoms with Crippen molar-refractivity contribution in [3.63, 3.8) is 0 Å². The van der Waals surface area contributed by atoms with Gasteiger partial charge in [-0.15, -0.1) is 11.8 Å². The summed E-state index contributed by atoms with van der Waals surface area (Å²) >= 11 is 0. The van der Waals surface area contributed by atoms with Gasteiger partial charge >= 0.3 is 0 Å². The molecule has 5 heavy (non-hydrogen) atoms. The third-order valence-corrected chi connectivity index (χ3v) is 0.500. The van der Waals surface area contributed by atoms with Crippen LogP contribution in [0.15, 0.2) is 0 Å². The summed E-state index contributed by atoms with van der Waals surface area (Å²) in [5, 5.41) is 0. The number of rotatable bonds is 0. The Morgan fingerprint density at radius 2 is 1.20 bits per heavy atom. The van der Waals surface area contributed by atoms with Crippen molar-refractivity contribution < 1.29 is 32.7 Å². The Balaban J connectivity index is 0.000000160. The summed E-state index contributed by atoms with van der Waals surface area (Å²) in [6.45, 7) is 0. The fourth-order valence-electron chi connectivity index (χ4n) is 0.125. The first-order valence-corrected chi connectivity index (χ1v) is 1.46. The average Bonchev–Trinajstić information content (AvgIpc) is 0.722. The van der Waals surface area contributed by atoms with E-state index in [0.29, 0.717) is 0 Å². The monoisotopic (exact) mass is 141 g/mol. The second-order valence-corrected chi connectivity index (χ2v) is 0.854. The topological polar surface area (TPSA) is 0 Å². The minimum atomic E-state index is 0. The van der Waals surface area contributed by atoms with Gasteiger partial charge in [0.1, 0.15) is 0 Å². The van der Waals surface area contributed by atoms with Gasteiger partial charge in [0.05, 0.1) is 0 Å². The van der Waals surface area contributed by atoms with E-state index in [9.17, 15) is 0 Å². The van der Waals surface area contributed by atoms with Gasteiger partial charge in [-0.05, 0) is 0 Å².